The van der Waals surface area contributed by atoms with Gasteiger partial charge in [-0.25, -0.2) is 19.5 Å². The van der Waals surface area contributed by atoms with Crippen LogP contribution in [0.3, 0.4) is 0 Å². The molecule has 0 bridgehead atoms. The van der Waals surface area contributed by atoms with E-state index in [0.29, 0.717) is 24.0 Å². The SMILES string of the molecule is CC(C)(C)OC(=O)N1C[C@@H](CCC(CCC(C2CC2)C2CC2)Nc2cccc(S(=O)(=O)NC(=O)c3ccc(C(C)(C)C)nc3F)n2)CC1(C)C. The lowest BCUT2D eigenvalue weighted by Gasteiger charge is -2.33. The normalized spacial score (nSPS) is 20.1. The van der Waals surface area contributed by atoms with Gasteiger partial charge < -0.3 is 15.0 Å². The zero-order chi connectivity index (χ0) is 36.6. The third kappa shape index (κ3) is 9.94. The highest BCUT2D eigenvalue weighted by molar-refractivity contribution is 7.90. The summed E-state index contributed by atoms with van der Waals surface area (Å²) in [7, 11) is -4.41. The second-order valence-corrected chi connectivity index (χ2v) is 19.0. The average Bonchev–Trinajstić information content (AvgIpc) is 3.93. The minimum atomic E-state index is -4.41. The summed E-state index contributed by atoms with van der Waals surface area (Å²) in [5.41, 5.74) is -1.34. The van der Waals surface area contributed by atoms with Crippen LogP contribution in [0.15, 0.2) is 35.4 Å². The van der Waals surface area contributed by atoms with Crippen LogP contribution in [-0.4, -0.2) is 59.0 Å². The molecule has 1 saturated heterocycles. The van der Waals surface area contributed by atoms with Crippen LogP contribution >= 0.6 is 0 Å². The topological polar surface area (TPSA) is 131 Å². The van der Waals surface area contributed by atoms with Crippen molar-refractivity contribution in [1.82, 2.24) is 19.6 Å². The molecule has 5 rings (SSSR count). The number of likely N-dealkylation sites (tertiary alicyclic amines) is 1. The lowest BCUT2D eigenvalue weighted by atomic mass is 9.87. The van der Waals surface area contributed by atoms with Crippen LogP contribution in [0.5, 0.6) is 0 Å². The van der Waals surface area contributed by atoms with Crippen LogP contribution < -0.4 is 10.0 Å². The largest absolute Gasteiger partial charge is 0.444 e. The molecule has 10 nitrogen and oxygen atoms in total. The van der Waals surface area contributed by atoms with Crippen LogP contribution in [0.1, 0.15) is 129 Å². The minimum Gasteiger partial charge on any atom is -0.444 e. The van der Waals surface area contributed by atoms with E-state index in [9.17, 15) is 22.4 Å². The standard InChI is InChI=1S/C38H56FN5O5S/c1-36(2,3)30-21-20-29(33(39)41-30)34(45)43-50(47,48)32-11-9-10-31(42-32)40-27(18-19-28(25-13-14-25)26-15-16-26)17-12-24-22-38(7,8)44(23-24)35(46)49-37(4,5)6/h9-11,20-21,24-28H,12-19,22-23H2,1-8H3,(H,40,42)(H,43,45)/t24-,27?/m0/s1. The van der Waals surface area contributed by atoms with Gasteiger partial charge in [-0.05, 0) is 140 Å². The van der Waals surface area contributed by atoms with Crippen molar-refractivity contribution in [3.8, 4) is 0 Å². The van der Waals surface area contributed by atoms with Crippen LogP contribution in [0, 0.1) is 29.6 Å². The van der Waals surface area contributed by atoms with E-state index in [0.717, 1.165) is 49.9 Å². The van der Waals surface area contributed by atoms with E-state index in [2.05, 4.69) is 29.1 Å². The molecule has 0 spiro atoms. The lowest BCUT2D eigenvalue weighted by Crippen LogP contribution is -2.45. The van der Waals surface area contributed by atoms with E-state index >= 15 is 0 Å². The quantitative estimate of drug-likeness (QED) is 0.201. The summed E-state index contributed by atoms with van der Waals surface area (Å²) in [6.07, 6.45) is 9.57. The highest BCUT2D eigenvalue weighted by Crippen LogP contribution is 2.51. The van der Waals surface area contributed by atoms with Crippen LogP contribution in [0.25, 0.3) is 0 Å². The molecule has 2 aromatic rings. The van der Waals surface area contributed by atoms with Gasteiger partial charge in [-0.2, -0.15) is 12.8 Å². The molecule has 3 aliphatic rings. The fourth-order valence-electron chi connectivity index (χ4n) is 7.35. The summed E-state index contributed by atoms with van der Waals surface area (Å²) < 4.78 is 49.1. The number of halogens is 1. The molecular formula is C38H56FN5O5S. The zero-order valence-electron chi connectivity index (χ0n) is 31.0. The highest BCUT2D eigenvalue weighted by atomic mass is 32.2. The Morgan fingerprint density at radius 1 is 0.980 bits per heavy atom. The first-order valence-electron chi connectivity index (χ1n) is 18.2. The van der Waals surface area contributed by atoms with Crippen molar-refractivity contribution in [3.05, 3.63) is 47.5 Å². The molecule has 2 aromatic heterocycles. The number of sulfonamides is 1. The van der Waals surface area contributed by atoms with Crippen molar-refractivity contribution in [2.24, 2.45) is 23.7 Å². The molecule has 1 unspecified atom stereocenters. The van der Waals surface area contributed by atoms with Crippen LogP contribution in [0.2, 0.25) is 0 Å². The fourth-order valence-corrected chi connectivity index (χ4v) is 8.28. The molecule has 0 aromatic carbocycles. The number of carbonyl (C=O) groups excluding carboxylic acids is 2. The van der Waals surface area contributed by atoms with Gasteiger partial charge in [-0.15, -0.1) is 0 Å². The summed E-state index contributed by atoms with van der Waals surface area (Å²) in [6.45, 7) is 16.0. The van der Waals surface area contributed by atoms with E-state index < -0.39 is 38.5 Å². The monoisotopic (exact) mass is 713 g/mol. The first-order valence-corrected chi connectivity index (χ1v) is 19.7. The van der Waals surface area contributed by atoms with Crippen molar-refractivity contribution in [2.75, 3.05) is 11.9 Å². The molecule has 276 valence electrons. The van der Waals surface area contributed by atoms with Crippen molar-refractivity contribution >= 4 is 27.8 Å². The zero-order valence-corrected chi connectivity index (χ0v) is 31.8. The maximum Gasteiger partial charge on any atom is 0.410 e. The molecule has 2 atom stereocenters. The summed E-state index contributed by atoms with van der Waals surface area (Å²) in [5, 5.41) is 3.19. The number of hydrogen-bond acceptors (Lipinski definition) is 8. The number of nitrogens with one attached hydrogen (secondary N) is 2. The molecule has 12 heteroatoms. The Bertz CT molecular complexity index is 1650. The molecular weight excluding hydrogens is 658 g/mol. The van der Waals surface area contributed by atoms with Gasteiger partial charge in [0.1, 0.15) is 11.4 Å². The summed E-state index contributed by atoms with van der Waals surface area (Å²) in [4.78, 5) is 36.1. The number of rotatable bonds is 13. The van der Waals surface area contributed by atoms with Gasteiger partial charge in [0.05, 0.1) is 5.56 Å². The number of carbonyl (C=O) groups is 2. The number of anilines is 1. The fraction of sp³-hybridized carbons (Fsp3) is 0.684. The molecule has 1 aliphatic heterocycles. The second-order valence-electron chi connectivity index (χ2n) is 17.4. The molecule has 50 heavy (non-hydrogen) atoms. The first-order chi connectivity index (χ1) is 23.2. The maximum atomic E-state index is 14.8. The Kier molecular flexibility index (Phi) is 10.9. The Morgan fingerprint density at radius 3 is 2.22 bits per heavy atom. The van der Waals surface area contributed by atoms with Crippen molar-refractivity contribution in [3.63, 3.8) is 0 Å². The molecule has 2 aliphatic carbocycles. The number of nitrogens with zero attached hydrogens (tertiary/aromatic N) is 3. The smallest absolute Gasteiger partial charge is 0.410 e. The van der Waals surface area contributed by atoms with E-state index in [1.54, 1.807) is 12.1 Å². The summed E-state index contributed by atoms with van der Waals surface area (Å²) in [5.74, 6) is 0.916. The number of ether oxygens (including phenoxy) is 1. The predicted molar refractivity (Wildman–Crippen MR) is 192 cm³/mol. The number of amides is 2. The van der Waals surface area contributed by atoms with Gasteiger partial charge in [-0.1, -0.05) is 26.8 Å². The lowest BCUT2D eigenvalue weighted by molar-refractivity contribution is 0.0130. The van der Waals surface area contributed by atoms with Gasteiger partial charge >= 0.3 is 6.09 Å². The van der Waals surface area contributed by atoms with E-state index in [-0.39, 0.29) is 22.7 Å². The molecule has 0 radical (unpaired) electrons. The molecule has 2 N–H and O–H groups in total. The van der Waals surface area contributed by atoms with Crippen molar-refractivity contribution < 1.29 is 27.1 Å². The third-order valence-corrected chi connectivity index (χ3v) is 11.5. The van der Waals surface area contributed by atoms with Gasteiger partial charge in [0, 0.05) is 29.2 Å². The molecule has 3 fully saturated rings. The van der Waals surface area contributed by atoms with Crippen LogP contribution in [0.4, 0.5) is 15.0 Å². The van der Waals surface area contributed by atoms with Crippen molar-refractivity contribution in [2.45, 2.75) is 141 Å². The first kappa shape index (κ1) is 38.0. The Labute approximate surface area is 297 Å². The maximum absolute atomic E-state index is 14.8. The number of aromatic nitrogens is 2. The summed E-state index contributed by atoms with van der Waals surface area (Å²) in [6, 6.07) is 7.43. The van der Waals surface area contributed by atoms with Gasteiger partial charge in [0.25, 0.3) is 15.9 Å². The minimum absolute atomic E-state index is 0.0373. The molecule has 3 heterocycles. The van der Waals surface area contributed by atoms with E-state index in [1.807, 2.05) is 51.2 Å². The van der Waals surface area contributed by atoms with Gasteiger partial charge in [0.15, 0.2) is 5.03 Å². The Balaban J connectivity index is 1.27. The van der Waals surface area contributed by atoms with Crippen molar-refractivity contribution in [1.29, 1.82) is 0 Å². The Morgan fingerprint density at radius 2 is 1.64 bits per heavy atom. The molecule has 2 amide bonds. The number of hydrogen-bond donors (Lipinski definition) is 2. The second kappa shape index (κ2) is 14.4. The average molecular weight is 714 g/mol. The van der Waals surface area contributed by atoms with E-state index in [1.165, 1.54) is 43.9 Å². The number of pyridine rings is 2. The predicted octanol–water partition coefficient (Wildman–Crippen LogP) is 7.84. The Hall–Kier alpha value is -3.28. The molecule has 2 saturated carbocycles. The highest BCUT2D eigenvalue weighted by Gasteiger charge is 2.44. The summed E-state index contributed by atoms with van der Waals surface area (Å²) >= 11 is 0. The van der Waals surface area contributed by atoms with Gasteiger partial charge in [0.2, 0.25) is 5.95 Å². The van der Waals surface area contributed by atoms with E-state index in [4.69, 9.17) is 4.74 Å². The van der Waals surface area contributed by atoms with Crippen LogP contribution in [-0.2, 0) is 20.2 Å². The third-order valence-electron chi connectivity index (χ3n) is 10.2. The van der Waals surface area contributed by atoms with Gasteiger partial charge in [-0.3, -0.25) is 4.79 Å².